The van der Waals surface area contributed by atoms with Crippen molar-refractivity contribution in [1.29, 1.82) is 0 Å². The van der Waals surface area contributed by atoms with Crippen LogP contribution in [0.3, 0.4) is 0 Å². The molecule has 108 valence electrons. The highest BCUT2D eigenvalue weighted by atomic mass is 32.2. The Balaban J connectivity index is 1.52. The number of urea groups is 1. The molecule has 0 atom stereocenters. The number of rotatable bonds is 7. The molecule has 2 amide bonds. The summed E-state index contributed by atoms with van der Waals surface area (Å²) in [4.78, 5) is 21.0. The minimum absolute atomic E-state index is 0.129. The van der Waals surface area contributed by atoms with E-state index in [0.717, 1.165) is 26.4 Å². The van der Waals surface area contributed by atoms with Crippen molar-refractivity contribution in [1.82, 2.24) is 20.6 Å². The molecular formula is C12H16N4OS3. The average Bonchev–Trinajstić information content (AvgIpc) is 3.07. The van der Waals surface area contributed by atoms with E-state index in [4.69, 9.17) is 0 Å². The Labute approximate surface area is 130 Å². The smallest absolute Gasteiger partial charge is 0.315 e. The topological polar surface area (TPSA) is 66.9 Å². The van der Waals surface area contributed by atoms with Crippen LogP contribution in [-0.4, -0.2) is 28.3 Å². The first kappa shape index (κ1) is 15.3. The van der Waals surface area contributed by atoms with Gasteiger partial charge in [0.05, 0.1) is 11.6 Å². The minimum atomic E-state index is -0.129. The summed E-state index contributed by atoms with van der Waals surface area (Å²) in [7, 11) is 0. The number of hydrogen-bond donors (Lipinski definition) is 2. The van der Waals surface area contributed by atoms with Gasteiger partial charge in [0.15, 0.2) is 0 Å². The van der Waals surface area contributed by atoms with E-state index in [9.17, 15) is 4.79 Å². The number of thioether (sulfide) groups is 1. The van der Waals surface area contributed by atoms with E-state index in [1.807, 2.05) is 12.3 Å². The highest BCUT2D eigenvalue weighted by Gasteiger charge is 2.02. The molecule has 5 nitrogen and oxygen atoms in total. The zero-order valence-electron chi connectivity index (χ0n) is 11.1. The molecule has 2 aromatic heterocycles. The number of aryl methyl sites for hydroxylation is 1. The minimum Gasteiger partial charge on any atom is -0.338 e. The average molecular weight is 328 g/mol. The lowest BCUT2D eigenvalue weighted by atomic mass is 10.5. The van der Waals surface area contributed by atoms with Gasteiger partial charge in [-0.1, -0.05) is 11.8 Å². The van der Waals surface area contributed by atoms with Crippen LogP contribution >= 0.6 is 34.4 Å². The maximum absolute atomic E-state index is 11.6. The first-order chi connectivity index (χ1) is 9.74. The Hall–Kier alpha value is -1.12. The van der Waals surface area contributed by atoms with Crippen molar-refractivity contribution in [2.45, 2.75) is 24.2 Å². The van der Waals surface area contributed by atoms with Gasteiger partial charge in [-0.05, 0) is 13.3 Å². The van der Waals surface area contributed by atoms with Crippen LogP contribution in [0.4, 0.5) is 4.79 Å². The molecule has 0 aliphatic carbocycles. The fourth-order valence-corrected chi connectivity index (χ4v) is 3.81. The highest BCUT2D eigenvalue weighted by Crippen LogP contribution is 2.20. The van der Waals surface area contributed by atoms with Crippen molar-refractivity contribution in [3.63, 3.8) is 0 Å². The summed E-state index contributed by atoms with van der Waals surface area (Å²) < 4.78 is 1.08. The number of hydrogen-bond acceptors (Lipinski definition) is 6. The molecule has 0 spiro atoms. The van der Waals surface area contributed by atoms with E-state index in [2.05, 4.69) is 20.6 Å². The van der Waals surface area contributed by atoms with Gasteiger partial charge in [0.2, 0.25) is 0 Å². The molecule has 2 aromatic rings. The monoisotopic (exact) mass is 328 g/mol. The summed E-state index contributed by atoms with van der Waals surface area (Å²) >= 11 is 4.96. The van der Waals surface area contributed by atoms with E-state index >= 15 is 0 Å². The Bertz CT molecular complexity index is 527. The number of carbonyl (C=O) groups excluding carboxylic acids is 1. The van der Waals surface area contributed by atoms with Crippen LogP contribution < -0.4 is 10.6 Å². The number of amides is 2. The van der Waals surface area contributed by atoms with Gasteiger partial charge in [0, 0.05) is 34.9 Å². The fraction of sp³-hybridized carbons (Fsp3) is 0.417. The second-order valence-corrected chi connectivity index (χ2v) is 7.51. The van der Waals surface area contributed by atoms with Crippen LogP contribution in [0.2, 0.25) is 0 Å². The molecule has 0 bridgehead atoms. The molecule has 8 heteroatoms. The van der Waals surface area contributed by atoms with E-state index in [1.165, 1.54) is 0 Å². The number of nitrogens with one attached hydrogen (secondary N) is 2. The first-order valence-electron chi connectivity index (χ1n) is 6.19. The molecule has 20 heavy (non-hydrogen) atoms. The third-order valence-corrected chi connectivity index (χ3v) is 5.30. The lowest BCUT2D eigenvalue weighted by molar-refractivity contribution is 0.240. The molecule has 0 fully saturated rings. The van der Waals surface area contributed by atoms with E-state index < -0.39 is 0 Å². The second kappa shape index (κ2) is 8.23. The molecule has 0 unspecified atom stereocenters. The van der Waals surface area contributed by atoms with Gasteiger partial charge in [-0.3, -0.25) is 0 Å². The van der Waals surface area contributed by atoms with Gasteiger partial charge in [0.1, 0.15) is 4.34 Å². The Morgan fingerprint density at radius 2 is 2.30 bits per heavy atom. The Kier molecular flexibility index (Phi) is 6.28. The lowest BCUT2D eigenvalue weighted by Gasteiger charge is -2.05. The number of nitrogens with zero attached hydrogens (tertiary/aromatic N) is 2. The third-order valence-electron chi connectivity index (χ3n) is 2.33. The van der Waals surface area contributed by atoms with Gasteiger partial charge in [-0.15, -0.1) is 22.7 Å². The van der Waals surface area contributed by atoms with Crippen molar-refractivity contribution < 1.29 is 4.79 Å². The molecule has 2 heterocycles. The van der Waals surface area contributed by atoms with E-state index in [0.29, 0.717) is 13.1 Å². The molecule has 0 radical (unpaired) electrons. The maximum Gasteiger partial charge on any atom is 0.315 e. The number of thiazole rings is 2. The van der Waals surface area contributed by atoms with Gasteiger partial charge >= 0.3 is 6.03 Å². The molecule has 0 aromatic carbocycles. The van der Waals surface area contributed by atoms with Gasteiger partial charge in [-0.25, -0.2) is 14.8 Å². The zero-order chi connectivity index (χ0) is 14.2. The molecule has 0 saturated carbocycles. The molecule has 2 N–H and O–H groups in total. The molecule has 2 rings (SSSR count). The summed E-state index contributed by atoms with van der Waals surface area (Å²) in [5.74, 6) is 0.960. The third kappa shape index (κ3) is 5.48. The molecule has 0 aliphatic heterocycles. The predicted octanol–water partition coefficient (Wildman–Crippen LogP) is 2.89. The van der Waals surface area contributed by atoms with Gasteiger partial charge in [-0.2, -0.15) is 0 Å². The van der Waals surface area contributed by atoms with Crippen molar-refractivity contribution in [2.75, 3.05) is 12.3 Å². The van der Waals surface area contributed by atoms with Crippen LogP contribution in [0, 0.1) is 6.92 Å². The maximum atomic E-state index is 11.6. The van der Waals surface area contributed by atoms with Crippen molar-refractivity contribution in [3.8, 4) is 0 Å². The van der Waals surface area contributed by atoms with Gasteiger partial charge in [0.25, 0.3) is 0 Å². The first-order valence-corrected chi connectivity index (χ1v) is 8.87. The number of aromatic nitrogens is 2. The van der Waals surface area contributed by atoms with E-state index in [-0.39, 0.29) is 6.03 Å². The van der Waals surface area contributed by atoms with Crippen LogP contribution in [-0.2, 0) is 6.54 Å². The van der Waals surface area contributed by atoms with Crippen LogP contribution in [0.25, 0.3) is 0 Å². The van der Waals surface area contributed by atoms with Crippen LogP contribution in [0.5, 0.6) is 0 Å². The number of carbonyl (C=O) groups is 1. The van der Waals surface area contributed by atoms with Gasteiger partial charge < -0.3 is 10.6 Å². The normalized spacial score (nSPS) is 10.4. The lowest BCUT2D eigenvalue weighted by Crippen LogP contribution is -2.35. The summed E-state index contributed by atoms with van der Waals surface area (Å²) in [6.45, 7) is 3.16. The van der Waals surface area contributed by atoms with Crippen molar-refractivity contribution in [3.05, 3.63) is 27.7 Å². The predicted molar refractivity (Wildman–Crippen MR) is 84.5 cm³/mol. The Morgan fingerprint density at radius 1 is 1.40 bits per heavy atom. The van der Waals surface area contributed by atoms with Crippen molar-refractivity contribution >= 4 is 40.5 Å². The second-order valence-electron chi connectivity index (χ2n) is 3.96. The van der Waals surface area contributed by atoms with E-state index in [1.54, 1.807) is 46.8 Å². The Morgan fingerprint density at radius 3 is 3.00 bits per heavy atom. The van der Waals surface area contributed by atoms with Crippen LogP contribution in [0.15, 0.2) is 22.1 Å². The highest BCUT2D eigenvalue weighted by molar-refractivity contribution is 8.00. The summed E-state index contributed by atoms with van der Waals surface area (Å²) in [6, 6.07) is -0.129. The molecule has 0 saturated heterocycles. The SMILES string of the molecule is Cc1ncc(CNC(=O)NCCCSc2nccs2)s1. The largest absolute Gasteiger partial charge is 0.338 e. The summed E-state index contributed by atoms with van der Waals surface area (Å²) in [5.41, 5.74) is 0. The quantitative estimate of drug-likeness (QED) is 0.606. The standard InChI is InChI=1S/C12H16N4OS3/c1-9-15-7-10(20-9)8-16-11(17)13-3-2-5-18-12-14-4-6-19-12/h4,6-7H,2-3,5,8H2,1H3,(H2,13,16,17). The molecule has 0 aliphatic rings. The van der Waals surface area contributed by atoms with Crippen molar-refractivity contribution in [2.24, 2.45) is 0 Å². The fourth-order valence-electron chi connectivity index (χ4n) is 1.43. The van der Waals surface area contributed by atoms with Crippen LogP contribution in [0.1, 0.15) is 16.3 Å². The molecular weight excluding hydrogens is 312 g/mol. The zero-order valence-corrected chi connectivity index (χ0v) is 13.5. The summed E-state index contributed by atoms with van der Waals surface area (Å²) in [6.07, 6.45) is 4.53. The summed E-state index contributed by atoms with van der Waals surface area (Å²) in [5, 5.41) is 8.65.